The molecule has 0 amide bonds. The van der Waals surface area contributed by atoms with Crippen LogP contribution in [-0.2, 0) is 28.6 Å². The van der Waals surface area contributed by atoms with Crippen LogP contribution in [0.1, 0.15) is 336 Å². The summed E-state index contributed by atoms with van der Waals surface area (Å²) in [5.41, 5.74) is 0. The van der Waals surface area contributed by atoms with Crippen LogP contribution in [0, 0.1) is 5.92 Å². The molecule has 0 aliphatic rings. The number of carbonyl (C=O) groups excluding carboxylic acids is 3. The van der Waals surface area contributed by atoms with Gasteiger partial charge in [0, 0.05) is 19.3 Å². The van der Waals surface area contributed by atoms with Crippen molar-refractivity contribution in [1.82, 2.24) is 0 Å². The normalized spacial score (nSPS) is 12.4. The summed E-state index contributed by atoms with van der Waals surface area (Å²) < 4.78 is 16.9. The summed E-state index contributed by atoms with van der Waals surface area (Å²) in [6.07, 6.45) is 58.0. The van der Waals surface area contributed by atoms with E-state index in [1.54, 1.807) is 0 Å². The second kappa shape index (κ2) is 53.4. The van der Waals surface area contributed by atoms with Crippen LogP contribution in [0.4, 0.5) is 0 Å². The number of unbranched alkanes of at least 4 members (excludes halogenated alkanes) is 40. The van der Waals surface area contributed by atoms with E-state index in [4.69, 9.17) is 14.2 Å². The predicted octanol–water partition coefficient (Wildman–Crippen LogP) is 19.4. The number of rotatable bonds is 54. The maximum Gasteiger partial charge on any atom is 0.306 e. The molecule has 0 N–H and O–H groups in total. The van der Waals surface area contributed by atoms with Gasteiger partial charge in [-0.05, 0) is 25.2 Å². The molecule has 0 aliphatic heterocycles. The fourth-order valence-corrected chi connectivity index (χ4v) is 9.07. The third kappa shape index (κ3) is 51.6. The van der Waals surface area contributed by atoms with Crippen molar-refractivity contribution in [2.24, 2.45) is 5.92 Å². The Hall–Kier alpha value is -1.59. The molecule has 0 radical (unpaired) electrons. The first kappa shape index (κ1) is 63.4. The Morgan fingerprint density at radius 2 is 0.538 bits per heavy atom. The van der Waals surface area contributed by atoms with Crippen molar-refractivity contribution in [2.75, 3.05) is 13.2 Å². The van der Waals surface area contributed by atoms with Gasteiger partial charge in [-0.2, -0.15) is 0 Å². The van der Waals surface area contributed by atoms with E-state index in [0.717, 1.165) is 63.7 Å². The lowest BCUT2D eigenvalue weighted by Gasteiger charge is -2.18. The highest BCUT2D eigenvalue weighted by Gasteiger charge is 2.19. The number of carbonyl (C=O) groups is 3. The van der Waals surface area contributed by atoms with Crippen LogP contribution in [0.25, 0.3) is 0 Å². The topological polar surface area (TPSA) is 78.9 Å². The first-order valence-corrected chi connectivity index (χ1v) is 29.4. The van der Waals surface area contributed by atoms with E-state index in [2.05, 4.69) is 27.7 Å². The van der Waals surface area contributed by atoms with Crippen molar-refractivity contribution in [3.63, 3.8) is 0 Å². The molecule has 0 saturated carbocycles. The zero-order chi connectivity index (χ0) is 47.4. The van der Waals surface area contributed by atoms with E-state index in [9.17, 15) is 14.4 Å². The number of ether oxygens (including phenoxy) is 3. The van der Waals surface area contributed by atoms with Crippen LogP contribution in [-0.4, -0.2) is 37.2 Å². The van der Waals surface area contributed by atoms with Gasteiger partial charge < -0.3 is 14.2 Å². The minimum absolute atomic E-state index is 0.0620. The number of esters is 3. The van der Waals surface area contributed by atoms with Gasteiger partial charge in [0.15, 0.2) is 6.10 Å². The largest absolute Gasteiger partial charge is 0.462 e. The first-order valence-electron chi connectivity index (χ1n) is 29.4. The zero-order valence-electron chi connectivity index (χ0n) is 44.5. The van der Waals surface area contributed by atoms with Gasteiger partial charge in [-0.15, -0.1) is 0 Å². The highest BCUT2D eigenvalue weighted by molar-refractivity contribution is 5.71. The quantitative estimate of drug-likeness (QED) is 0.0344. The summed E-state index contributed by atoms with van der Waals surface area (Å²) in [4.78, 5) is 38.1. The minimum Gasteiger partial charge on any atom is -0.462 e. The fourth-order valence-electron chi connectivity index (χ4n) is 9.07. The van der Waals surface area contributed by atoms with Crippen molar-refractivity contribution < 1.29 is 28.6 Å². The molecule has 0 heterocycles. The summed E-state index contributed by atoms with van der Waals surface area (Å²) in [6, 6.07) is 0. The smallest absolute Gasteiger partial charge is 0.306 e. The molecule has 0 aliphatic carbocycles. The summed E-state index contributed by atoms with van der Waals surface area (Å²) >= 11 is 0. The average molecular weight is 920 g/mol. The van der Waals surface area contributed by atoms with Gasteiger partial charge in [0.2, 0.25) is 0 Å². The summed E-state index contributed by atoms with van der Waals surface area (Å²) in [6.45, 7) is 9.08. The molecule has 6 heteroatoms. The zero-order valence-corrected chi connectivity index (χ0v) is 44.5. The molecule has 1 unspecified atom stereocenters. The Morgan fingerprint density at radius 1 is 0.308 bits per heavy atom. The number of hydrogen-bond donors (Lipinski definition) is 0. The minimum atomic E-state index is -0.762. The standard InChI is InChI=1S/C59H114O6/c1-5-8-10-12-14-16-18-20-22-23-24-25-26-28-30-35-39-43-47-51-58(61)64-54-56(65-59(62)52-48-44-40-36-32-31-33-37-41-45-49-55(4)7-3)53-63-57(60)50-46-42-38-34-29-27-21-19-17-15-13-11-9-6-2/h55-56H,5-54H2,1-4H3/t55?,56-/m1/s1. The third-order valence-electron chi connectivity index (χ3n) is 13.9. The van der Waals surface area contributed by atoms with Crippen LogP contribution in [0.5, 0.6) is 0 Å². The molecule has 6 nitrogen and oxygen atoms in total. The van der Waals surface area contributed by atoms with Gasteiger partial charge in [0.05, 0.1) is 0 Å². The monoisotopic (exact) mass is 919 g/mol. The highest BCUT2D eigenvalue weighted by Crippen LogP contribution is 2.18. The molecule has 0 saturated heterocycles. The average Bonchev–Trinajstić information content (AvgIpc) is 3.30. The molecule has 386 valence electrons. The van der Waals surface area contributed by atoms with Gasteiger partial charge >= 0.3 is 17.9 Å². The van der Waals surface area contributed by atoms with Crippen molar-refractivity contribution in [3.05, 3.63) is 0 Å². The van der Waals surface area contributed by atoms with Gasteiger partial charge in [-0.1, -0.05) is 297 Å². The molecule has 65 heavy (non-hydrogen) atoms. The van der Waals surface area contributed by atoms with Crippen LogP contribution in [0.2, 0.25) is 0 Å². The van der Waals surface area contributed by atoms with Crippen LogP contribution >= 0.6 is 0 Å². The lowest BCUT2D eigenvalue weighted by atomic mass is 9.99. The molecule has 0 aromatic heterocycles. The van der Waals surface area contributed by atoms with Crippen molar-refractivity contribution >= 4 is 17.9 Å². The van der Waals surface area contributed by atoms with Gasteiger partial charge in [-0.25, -0.2) is 0 Å². The van der Waals surface area contributed by atoms with Gasteiger partial charge in [-0.3, -0.25) is 14.4 Å². The SMILES string of the molecule is CCCCCCCCCCCCCCCCCCCCCC(=O)OC[C@@H](COC(=O)CCCCCCCCCCCCCCCC)OC(=O)CCCCCCCCCCCCC(C)CC. The summed E-state index contributed by atoms with van der Waals surface area (Å²) in [5, 5.41) is 0. The van der Waals surface area contributed by atoms with Crippen LogP contribution in [0.3, 0.4) is 0 Å². The summed E-state index contributed by atoms with van der Waals surface area (Å²) in [5.74, 6) is 0.0319. The molecular weight excluding hydrogens is 805 g/mol. The lowest BCUT2D eigenvalue weighted by Crippen LogP contribution is -2.30. The molecule has 2 atom stereocenters. The maximum absolute atomic E-state index is 12.8. The van der Waals surface area contributed by atoms with E-state index < -0.39 is 6.10 Å². The Morgan fingerprint density at radius 3 is 0.800 bits per heavy atom. The number of hydrogen-bond acceptors (Lipinski definition) is 6. The molecule has 0 aromatic rings. The Labute approximate surface area is 406 Å². The first-order chi connectivity index (χ1) is 31.9. The molecule has 0 rings (SSSR count). The predicted molar refractivity (Wildman–Crippen MR) is 280 cm³/mol. The molecule has 0 spiro atoms. The highest BCUT2D eigenvalue weighted by atomic mass is 16.6. The van der Waals surface area contributed by atoms with E-state index in [1.807, 2.05) is 0 Å². The second-order valence-electron chi connectivity index (χ2n) is 20.5. The van der Waals surface area contributed by atoms with Crippen molar-refractivity contribution in [3.8, 4) is 0 Å². The molecule has 0 bridgehead atoms. The molecule has 0 fully saturated rings. The van der Waals surface area contributed by atoms with Crippen LogP contribution in [0.15, 0.2) is 0 Å². The second-order valence-corrected chi connectivity index (χ2v) is 20.5. The third-order valence-corrected chi connectivity index (χ3v) is 13.9. The van der Waals surface area contributed by atoms with Crippen molar-refractivity contribution in [1.29, 1.82) is 0 Å². The Bertz CT molecular complexity index is 982. The van der Waals surface area contributed by atoms with Crippen LogP contribution < -0.4 is 0 Å². The van der Waals surface area contributed by atoms with E-state index >= 15 is 0 Å². The van der Waals surface area contributed by atoms with Gasteiger partial charge in [0.25, 0.3) is 0 Å². The van der Waals surface area contributed by atoms with E-state index in [0.29, 0.717) is 19.3 Å². The Balaban J connectivity index is 4.27. The van der Waals surface area contributed by atoms with Crippen molar-refractivity contribution in [2.45, 2.75) is 342 Å². The lowest BCUT2D eigenvalue weighted by molar-refractivity contribution is -0.167. The molecule has 0 aromatic carbocycles. The van der Waals surface area contributed by atoms with Gasteiger partial charge in [0.1, 0.15) is 13.2 Å². The van der Waals surface area contributed by atoms with E-state index in [-0.39, 0.29) is 31.1 Å². The maximum atomic E-state index is 12.8. The summed E-state index contributed by atoms with van der Waals surface area (Å²) in [7, 11) is 0. The fraction of sp³-hybridized carbons (Fsp3) is 0.949. The molecular formula is C59H114O6. The van der Waals surface area contributed by atoms with E-state index in [1.165, 1.54) is 231 Å². The Kier molecular flexibility index (Phi) is 52.1.